The van der Waals surface area contributed by atoms with Gasteiger partial charge in [-0.25, -0.2) is 13.1 Å². The van der Waals surface area contributed by atoms with Crippen molar-refractivity contribution in [3.8, 4) is 5.75 Å². The van der Waals surface area contributed by atoms with Crippen LogP contribution in [0.25, 0.3) is 0 Å². The minimum atomic E-state index is -3.69. The minimum absolute atomic E-state index is 0.0307. The highest BCUT2D eigenvalue weighted by Gasteiger charge is 2.20. The topological polar surface area (TPSA) is 84.1 Å². The van der Waals surface area contributed by atoms with Crippen molar-refractivity contribution in [1.82, 2.24) is 14.9 Å². The Morgan fingerprint density at radius 1 is 1.36 bits per heavy atom. The Bertz CT molecular complexity index is 752. The van der Waals surface area contributed by atoms with Crippen LogP contribution in [0.15, 0.2) is 23.1 Å². The molecule has 1 heterocycles. The fourth-order valence-corrected chi connectivity index (χ4v) is 3.65. The molecule has 0 saturated carbocycles. The third-order valence-electron chi connectivity index (χ3n) is 3.36. The fraction of sp³-hybridized carbons (Fsp3) is 0.357. The van der Waals surface area contributed by atoms with Crippen molar-refractivity contribution in [2.24, 2.45) is 0 Å². The van der Waals surface area contributed by atoms with Crippen molar-refractivity contribution in [2.75, 3.05) is 13.7 Å². The van der Waals surface area contributed by atoms with Gasteiger partial charge in [-0.2, -0.15) is 5.10 Å². The lowest BCUT2D eigenvalue weighted by molar-refractivity contribution is 0.402. The molecule has 0 atom stereocenters. The number of nitrogens with zero attached hydrogens (tertiary/aromatic N) is 1. The third kappa shape index (κ3) is 3.60. The molecule has 2 N–H and O–H groups in total. The summed E-state index contributed by atoms with van der Waals surface area (Å²) in [5, 5.41) is 7.30. The maximum absolute atomic E-state index is 12.4. The van der Waals surface area contributed by atoms with E-state index in [9.17, 15) is 8.42 Å². The number of benzene rings is 1. The van der Waals surface area contributed by atoms with E-state index >= 15 is 0 Å². The van der Waals surface area contributed by atoms with E-state index in [0.717, 1.165) is 17.0 Å². The number of hydrogen-bond donors (Lipinski definition) is 2. The van der Waals surface area contributed by atoms with Gasteiger partial charge in [-0.15, -0.1) is 0 Å². The fourth-order valence-electron chi connectivity index (χ4n) is 2.19. The molecule has 0 bridgehead atoms. The molecule has 2 aromatic rings. The zero-order valence-electron chi connectivity index (χ0n) is 12.6. The normalized spacial score (nSPS) is 11.6. The van der Waals surface area contributed by atoms with E-state index in [2.05, 4.69) is 14.9 Å². The van der Waals surface area contributed by atoms with Crippen molar-refractivity contribution in [3.63, 3.8) is 0 Å². The maximum atomic E-state index is 12.4. The summed E-state index contributed by atoms with van der Waals surface area (Å²) in [4.78, 5) is 0.0307. The standard InChI is InChI=1S/C14H18ClN3O3S/c1-9-12(10(2)18-17-9)6-7-16-22(19,20)14-8-11(15)4-5-13(14)21-3/h4-5,8,16H,6-7H2,1-3H3,(H,17,18). The molecule has 0 aliphatic rings. The lowest BCUT2D eigenvalue weighted by Crippen LogP contribution is -2.26. The van der Waals surface area contributed by atoms with Gasteiger partial charge in [0.05, 0.1) is 12.8 Å². The van der Waals surface area contributed by atoms with E-state index in [1.165, 1.54) is 19.2 Å². The van der Waals surface area contributed by atoms with Gasteiger partial charge in [0.25, 0.3) is 0 Å². The van der Waals surface area contributed by atoms with Gasteiger partial charge >= 0.3 is 0 Å². The van der Waals surface area contributed by atoms with Crippen molar-refractivity contribution in [2.45, 2.75) is 25.2 Å². The molecule has 22 heavy (non-hydrogen) atoms. The number of rotatable bonds is 6. The van der Waals surface area contributed by atoms with E-state index in [0.29, 0.717) is 11.4 Å². The van der Waals surface area contributed by atoms with Crippen LogP contribution < -0.4 is 9.46 Å². The van der Waals surface area contributed by atoms with Crippen LogP contribution in [0.5, 0.6) is 5.75 Å². The smallest absolute Gasteiger partial charge is 0.244 e. The first-order valence-electron chi connectivity index (χ1n) is 6.69. The molecule has 0 aliphatic heterocycles. The number of methoxy groups -OCH3 is 1. The van der Waals surface area contributed by atoms with E-state index in [4.69, 9.17) is 16.3 Å². The first-order valence-corrected chi connectivity index (χ1v) is 8.55. The van der Waals surface area contributed by atoms with E-state index in [1.807, 2.05) is 13.8 Å². The lowest BCUT2D eigenvalue weighted by Gasteiger charge is -2.11. The molecule has 2 rings (SSSR count). The zero-order chi connectivity index (χ0) is 16.3. The van der Waals surface area contributed by atoms with Crippen LogP contribution in [0.4, 0.5) is 0 Å². The Morgan fingerprint density at radius 3 is 2.68 bits per heavy atom. The highest BCUT2D eigenvalue weighted by atomic mass is 35.5. The van der Waals surface area contributed by atoms with Crippen LogP contribution in [-0.2, 0) is 16.4 Å². The van der Waals surface area contributed by atoms with Crippen molar-refractivity contribution in [3.05, 3.63) is 40.2 Å². The average Bonchev–Trinajstić information content (AvgIpc) is 2.79. The van der Waals surface area contributed by atoms with Gasteiger partial charge in [0.2, 0.25) is 10.0 Å². The second-order valence-electron chi connectivity index (χ2n) is 4.86. The van der Waals surface area contributed by atoms with Crippen molar-refractivity contribution < 1.29 is 13.2 Å². The molecule has 0 amide bonds. The predicted molar refractivity (Wildman–Crippen MR) is 85.0 cm³/mol. The number of sulfonamides is 1. The molecule has 0 radical (unpaired) electrons. The van der Waals surface area contributed by atoms with Gasteiger partial charge in [-0.3, -0.25) is 5.10 Å². The van der Waals surface area contributed by atoms with Gasteiger partial charge in [0.15, 0.2) is 0 Å². The van der Waals surface area contributed by atoms with Crippen LogP contribution in [0.1, 0.15) is 17.0 Å². The Labute approximate surface area is 134 Å². The molecule has 0 spiro atoms. The monoisotopic (exact) mass is 343 g/mol. The van der Waals surface area contributed by atoms with E-state index < -0.39 is 10.0 Å². The highest BCUT2D eigenvalue weighted by molar-refractivity contribution is 7.89. The summed E-state index contributed by atoms with van der Waals surface area (Å²) in [6, 6.07) is 4.48. The second kappa shape index (κ2) is 6.68. The van der Waals surface area contributed by atoms with E-state index in [1.54, 1.807) is 6.07 Å². The Hall–Kier alpha value is -1.57. The Kier molecular flexibility index (Phi) is 5.10. The quantitative estimate of drug-likeness (QED) is 0.842. The maximum Gasteiger partial charge on any atom is 0.244 e. The summed E-state index contributed by atoms with van der Waals surface area (Å²) in [6.07, 6.45) is 0.552. The Morgan fingerprint density at radius 2 is 2.09 bits per heavy atom. The number of aryl methyl sites for hydroxylation is 2. The summed E-state index contributed by atoms with van der Waals surface area (Å²) < 4.78 is 32.4. The molecule has 0 aliphatic carbocycles. The number of nitrogens with one attached hydrogen (secondary N) is 2. The molecule has 0 unspecified atom stereocenters. The lowest BCUT2D eigenvalue weighted by atomic mass is 10.1. The van der Waals surface area contributed by atoms with Gasteiger partial charge in [-0.1, -0.05) is 11.6 Å². The first-order chi connectivity index (χ1) is 10.3. The van der Waals surface area contributed by atoms with Crippen LogP contribution >= 0.6 is 11.6 Å². The van der Waals surface area contributed by atoms with Gasteiger partial charge in [0.1, 0.15) is 10.6 Å². The number of halogens is 1. The molecular formula is C14H18ClN3O3S. The molecule has 6 nitrogen and oxygen atoms in total. The minimum Gasteiger partial charge on any atom is -0.495 e. The molecular weight excluding hydrogens is 326 g/mol. The summed E-state index contributed by atoms with van der Waals surface area (Å²) in [5.74, 6) is 0.257. The van der Waals surface area contributed by atoms with Crippen LogP contribution in [0.3, 0.4) is 0 Å². The van der Waals surface area contributed by atoms with Crippen LogP contribution in [-0.4, -0.2) is 32.3 Å². The van der Waals surface area contributed by atoms with Crippen molar-refractivity contribution >= 4 is 21.6 Å². The molecule has 1 aromatic heterocycles. The predicted octanol–water partition coefficient (Wildman–Crippen LogP) is 2.21. The van der Waals surface area contributed by atoms with Crippen molar-refractivity contribution in [1.29, 1.82) is 0 Å². The number of hydrogen-bond acceptors (Lipinski definition) is 4. The molecule has 1 aromatic carbocycles. The summed E-state index contributed by atoms with van der Waals surface area (Å²) in [6.45, 7) is 4.05. The molecule has 0 fully saturated rings. The van der Waals surface area contributed by atoms with Gasteiger partial charge < -0.3 is 4.74 Å². The molecule has 0 saturated heterocycles. The first kappa shape index (κ1) is 16.8. The Balaban J connectivity index is 2.14. The highest BCUT2D eigenvalue weighted by Crippen LogP contribution is 2.26. The van der Waals surface area contributed by atoms with Gasteiger partial charge in [-0.05, 0) is 44.0 Å². The number of H-pyrrole nitrogens is 1. The van der Waals surface area contributed by atoms with Crippen LogP contribution in [0.2, 0.25) is 5.02 Å². The molecule has 8 heteroatoms. The summed E-state index contributed by atoms with van der Waals surface area (Å²) >= 11 is 5.88. The van der Waals surface area contributed by atoms with E-state index in [-0.39, 0.29) is 17.2 Å². The zero-order valence-corrected chi connectivity index (χ0v) is 14.2. The summed E-state index contributed by atoms with van der Waals surface area (Å²) in [7, 11) is -2.28. The number of aromatic amines is 1. The number of aromatic nitrogens is 2. The number of ether oxygens (including phenoxy) is 1. The largest absolute Gasteiger partial charge is 0.495 e. The summed E-state index contributed by atoms with van der Waals surface area (Å²) in [5.41, 5.74) is 2.83. The average molecular weight is 344 g/mol. The third-order valence-corrected chi connectivity index (χ3v) is 5.08. The van der Waals surface area contributed by atoms with Crippen LogP contribution in [0, 0.1) is 13.8 Å². The SMILES string of the molecule is COc1ccc(Cl)cc1S(=O)(=O)NCCc1c(C)n[nH]c1C. The molecule has 120 valence electrons. The second-order valence-corrected chi connectivity index (χ2v) is 7.03. The van der Waals surface area contributed by atoms with Gasteiger partial charge in [0, 0.05) is 17.3 Å².